The number of carbonyl (C=O) groups is 2. The highest BCUT2D eigenvalue weighted by atomic mass is 16.5. The lowest BCUT2D eigenvalue weighted by atomic mass is 10.2. The standard InChI is InChI=1S/C13H13N3O3/c14-7-9-1-5-11(6-2-9)19-8-12(17)16-13(18)15-10-3-4-10/h1-2,5-6,10H,3-4,8H2,(H2,15,16,17,18). The molecule has 1 aliphatic carbocycles. The minimum Gasteiger partial charge on any atom is -0.484 e. The van der Waals surface area contributed by atoms with Gasteiger partial charge in [-0.05, 0) is 37.1 Å². The van der Waals surface area contributed by atoms with E-state index in [0.717, 1.165) is 12.8 Å². The number of benzene rings is 1. The van der Waals surface area contributed by atoms with E-state index in [9.17, 15) is 9.59 Å². The Bertz CT molecular complexity index is 515. The van der Waals surface area contributed by atoms with Gasteiger partial charge in [0.25, 0.3) is 5.91 Å². The maximum Gasteiger partial charge on any atom is 0.321 e. The number of rotatable bonds is 4. The molecule has 0 unspecified atom stereocenters. The van der Waals surface area contributed by atoms with Crippen molar-refractivity contribution in [1.29, 1.82) is 5.26 Å². The Hall–Kier alpha value is -2.55. The van der Waals surface area contributed by atoms with E-state index in [2.05, 4.69) is 10.6 Å². The molecule has 19 heavy (non-hydrogen) atoms. The monoisotopic (exact) mass is 259 g/mol. The molecule has 0 bridgehead atoms. The zero-order valence-corrected chi connectivity index (χ0v) is 10.2. The molecule has 0 radical (unpaired) electrons. The van der Waals surface area contributed by atoms with Crippen LogP contribution in [0.4, 0.5) is 4.79 Å². The average Bonchev–Trinajstić information content (AvgIpc) is 3.20. The molecule has 2 N–H and O–H groups in total. The summed E-state index contributed by atoms with van der Waals surface area (Å²) in [6.07, 6.45) is 1.92. The van der Waals surface area contributed by atoms with Crippen molar-refractivity contribution < 1.29 is 14.3 Å². The number of hydrogen-bond acceptors (Lipinski definition) is 4. The second-order valence-corrected chi connectivity index (χ2v) is 4.22. The Morgan fingerprint density at radius 1 is 1.32 bits per heavy atom. The molecule has 6 nitrogen and oxygen atoms in total. The zero-order valence-electron chi connectivity index (χ0n) is 10.2. The van der Waals surface area contributed by atoms with Crippen LogP contribution in [0, 0.1) is 11.3 Å². The molecule has 1 fully saturated rings. The summed E-state index contributed by atoms with van der Waals surface area (Å²) >= 11 is 0. The van der Waals surface area contributed by atoms with Crippen molar-refractivity contribution in [2.75, 3.05) is 6.61 Å². The first-order valence-electron chi connectivity index (χ1n) is 5.90. The maximum atomic E-state index is 11.4. The molecule has 0 saturated heterocycles. The highest BCUT2D eigenvalue weighted by Gasteiger charge is 2.23. The van der Waals surface area contributed by atoms with Crippen molar-refractivity contribution in [1.82, 2.24) is 10.6 Å². The topological polar surface area (TPSA) is 91.2 Å². The third-order valence-electron chi connectivity index (χ3n) is 2.52. The van der Waals surface area contributed by atoms with Crippen LogP contribution in [0.5, 0.6) is 5.75 Å². The van der Waals surface area contributed by atoms with Gasteiger partial charge in [-0.1, -0.05) is 0 Å². The van der Waals surface area contributed by atoms with E-state index in [0.29, 0.717) is 11.3 Å². The van der Waals surface area contributed by atoms with E-state index in [4.69, 9.17) is 10.00 Å². The van der Waals surface area contributed by atoms with Crippen molar-refractivity contribution in [3.8, 4) is 11.8 Å². The Morgan fingerprint density at radius 3 is 2.58 bits per heavy atom. The number of hydrogen-bond donors (Lipinski definition) is 2. The van der Waals surface area contributed by atoms with Crippen LogP contribution in [0.25, 0.3) is 0 Å². The van der Waals surface area contributed by atoms with E-state index in [1.807, 2.05) is 6.07 Å². The van der Waals surface area contributed by atoms with Gasteiger partial charge in [0.2, 0.25) is 0 Å². The molecular formula is C13H13N3O3. The molecule has 0 heterocycles. The summed E-state index contributed by atoms with van der Waals surface area (Å²) in [5.41, 5.74) is 0.514. The molecule has 3 amide bonds. The van der Waals surface area contributed by atoms with Gasteiger partial charge in [0.05, 0.1) is 11.6 Å². The Kier molecular flexibility index (Phi) is 3.98. The number of urea groups is 1. The van der Waals surface area contributed by atoms with Crippen molar-refractivity contribution in [3.05, 3.63) is 29.8 Å². The second kappa shape index (κ2) is 5.87. The number of nitriles is 1. The van der Waals surface area contributed by atoms with Crippen molar-refractivity contribution in [3.63, 3.8) is 0 Å². The minimum atomic E-state index is -0.512. The van der Waals surface area contributed by atoms with Crippen LogP contribution in [-0.4, -0.2) is 24.6 Å². The summed E-state index contributed by atoms with van der Waals surface area (Å²) in [6.45, 7) is -0.246. The van der Waals surface area contributed by atoms with Crippen LogP contribution in [0.3, 0.4) is 0 Å². The Morgan fingerprint density at radius 2 is 2.00 bits per heavy atom. The van der Waals surface area contributed by atoms with Gasteiger partial charge in [0.15, 0.2) is 6.61 Å². The van der Waals surface area contributed by atoms with E-state index in [1.165, 1.54) is 0 Å². The smallest absolute Gasteiger partial charge is 0.321 e. The Labute approximate surface area is 110 Å². The fourth-order valence-corrected chi connectivity index (χ4v) is 1.39. The van der Waals surface area contributed by atoms with Crippen molar-refractivity contribution in [2.45, 2.75) is 18.9 Å². The van der Waals surface area contributed by atoms with E-state index in [-0.39, 0.29) is 12.6 Å². The van der Waals surface area contributed by atoms with Gasteiger partial charge < -0.3 is 10.1 Å². The first-order valence-corrected chi connectivity index (χ1v) is 5.90. The maximum absolute atomic E-state index is 11.4. The van der Waals surface area contributed by atoms with Crippen LogP contribution in [0.2, 0.25) is 0 Å². The van der Waals surface area contributed by atoms with Gasteiger partial charge in [-0.2, -0.15) is 5.26 Å². The average molecular weight is 259 g/mol. The van der Waals surface area contributed by atoms with Crippen LogP contribution in [0.1, 0.15) is 18.4 Å². The summed E-state index contributed by atoms with van der Waals surface area (Å²) < 4.78 is 5.19. The predicted octanol–water partition coefficient (Wildman–Crippen LogP) is 0.925. The summed E-state index contributed by atoms with van der Waals surface area (Å²) in [7, 11) is 0. The largest absolute Gasteiger partial charge is 0.484 e. The molecule has 1 aliphatic rings. The van der Waals surface area contributed by atoms with Crippen LogP contribution in [0.15, 0.2) is 24.3 Å². The summed E-state index contributed by atoms with van der Waals surface area (Å²) in [5.74, 6) is -0.0424. The first kappa shape index (κ1) is 12.9. The number of imide groups is 1. The van der Waals surface area contributed by atoms with E-state index in [1.54, 1.807) is 24.3 Å². The quantitative estimate of drug-likeness (QED) is 0.841. The summed E-state index contributed by atoms with van der Waals surface area (Å²) in [6, 6.07) is 8.06. The summed E-state index contributed by atoms with van der Waals surface area (Å²) in [4.78, 5) is 22.7. The SMILES string of the molecule is N#Cc1ccc(OCC(=O)NC(=O)NC2CC2)cc1. The number of nitrogens with zero attached hydrogens (tertiary/aromatic N) is 1. The zero-order chi connectivity index (χ0) is 13.7. The molecule has 6 heteroatoms. The fraction of sp³-hybridized carbons (Fsp3) is 0.308. The molecule has 0 atom stereocenters. The number of amides is 3. The molecule has 1 saturated carbocycles. The second-order valence-electron chi connectivity index (χ2n) is 4.22. The third kappa shape index (κ3) is 4.32. The number of nitrogens with one attached hydrogen (secondary N) is 2. The molecule has 0 aromatic heterocycles. The number of ether oxygens (including phenoxy) is 1. The lowest BCUT2D eigenvalue weighted by Crippen LogP contribution is -2.42. The van der Waals surface area contributed by atoms with Crippen LogP contribution in [-0.2, 0) is 4.79 Å². The predicted molar refractivity (Wildman–Crippen MR) is 66.3 cm³/mol. The first-order chi connectivity index (χ1) is 9.17. The fourth-order valence-electron chi connectivity index (χ4n) is 1.39. The molecule has 2 rings (SSSR count). The molecule has 1 aromatic carbocycles. The van der Waals surface area contributed by atoms with Gasteiger partial charge in [-0.25, -0.2) is 4.79 Å². The van der Waals surface area contributed by atoms with E-state index < -0.39 is 11.9 Å². The molecule has 0 spiro atoms. The van der Waals surface area contributed by atoms with E-state index >= 15 is 0 Å². The molecular weight excluding hydrogens is 246 g/mol. The van der Waals surface area contributed by atoms with Gasteiger partial charge in [0.1, 0.15) is 5.75 Å². The minimum absolute atomic E-state index is 0.201. The highest BCUT2D eigenvalue weighted by Crippen LogP contribution is 2.18. The molecule has 98 valence electrons. The van der Waals surface area contributed by atoms with Gasteiger partial charge in [0, 0.05) is 6.04 Å². The van der Waals surface area contributed by atoms with Crippen LogP contribution >= 0.6 is 0 Å². The molecule has 1 aromatic rings. The number of carbonyl (C=O) groups excluding carboxylic acids is 2. The van der Waals surface area contributed by atoms with Crippen molar-refractivity contribution >= 4 is 11.9 Å². The Balaban J connectivity index is 1.72. The third-order valence-corrected chi connectivity index (χ3v) is 2.52. The lowest BCUT2D eigenvalue weighted by Gasteiger charge is -2.07. The molecule has 0 aliphatic heterocycles. The normalized spacial score (nSPS) is 13.2. The van der Waals surface area contributed by atoms with Gasteiger partial charge >= 0.3 is 6.03 Å². The highest BCUT2D eigenvalue weighted by molar-refractivity contribution is 5.95. The van der Waals surface area contributed by atoms with Crippen molar-refractivity contribution in [2.24, 2.45) is 0 Å². The van der Waals surface area contributed by atoms with Gasteiger partial charge in [-0.3, -0.25) is 10.1 Å². The van der Waals surface area contributed by atoms with Gasteiger partial charge in [-0.15, -0.1) is 0 Å². The lowest BCUT2D eigenvalue weighted by molar-refractivity contribution is -0.122. The van der Waals surface area contributed by atoms with Crippen LogP contribution < -0.4 is 15.4 Å². The summed E-state index contributed by atoms with van der Waals surface area (Å²) in [5, 5.41) is 13.4.